The molecular formula is C31H29ClF3N3O. The van der Waals surface area contributed by atoms with Crippen LogP contribution in [0.15, 0.2) is 85.2 Å². The van der Waals surface area contributed by atoms with E-state index in [4.69, 9.17) is 11.6 Å². The molecule has 1 aromatic heterocycles. The second-order valence-electron chi connectivity index (χ2n) is 10.2. The van der Waals surface area contributed by atoms with Gasteiger partial charge in [0.15, 0.2) is 11.6 Å². The quantitative estimate of drug-likeness (QED) is 0.217. The van der Waals surface area contributed by atoms with Gasteiger partial charge in [0.05, 0.1) is 11.6 Å². The molecule has 0 spiro atoms. The SMILES string of the molecule is CC(C)n1ccnc1C(=O)C[C@H](c1ccc(C(F)(F)F)cc1)[C@@H]1c2ccc(Cl)cc2CCN1c1ccccc1. The van der Waals surface area contributed by atoms with E-state index in [-0.39, 0.29) is 24.3 Å². The van der Waals surface area contributed by atoms with E-state index in [9.17, 15) is 18.0 Å². The minimum Gasteiger partial charge on any atom is -0.364 e. The lowest BCUT2D eigenvalue weighted by Crippen LogP contribution is -2.39. The van der Waals surface area contributed by atoms with Gasteiger partial charge in [0.2, 0.25) is 0 Å². The average Bonchev–Trinajstić information content (AvgIpc) is 3.42. The lowest BCUT2D eigenvalue weighted by atomic mass is 9.78. The number of nitrogens with zero attached hydrogens (tertiary/aromatic N) is 3. The summed E-state index contributed by atoms with van der Waals surface area (Å²) in [5.74, 6) is -0.259. The fourth-order valence-corrected chi connectivity index (χ4v) is 5.73. The van der Waals surface area contributed by atoms with Crippen LogP contribution >= 0.6 is 11.6 Å². The molecule has 0 unspecified atom stereocenters. The molecule has 0 aliphatic carbocycles. The molecule has 0 saturated carbocycles. The Morgan fingerprint density at radius 3 is 2.44 bits per heavy atom. The van der Waals surface area contributed by atoms with Crippen LogP contribution in [0, 0.1) is 0 Å². The summed E-state index contributed by atoms with van der Waals surface area (Å²) in [6.45, 7) is 4.63. The van der Waals surface area contributed by atoms with Gasteiger partial charge in [-0.1, -0.05) is 48.0 Å². The van der Waals surface area contributed by atoms with Crippen molar-refractivity contribution in [3.05, 3.63) is 118 Å². The maximum absolute atomic E-state index is 13.8. The first-order chi connectivity index (χ1) is 18.6. The van der Waals surface area contributed by atoms with Gasteiger partial charge in [0.25, 0.3) is 0 Å². The Balaban J connectivity index is 1.65. The molecule has 0 saturated heterocycles. The van der Waals surface area contributed by atoms with Crippen LogP contribution in [0.5, 0.6) is 0 Å². The third kappa shape index (κ3) is 5.59. The molecule has 1 aliphatic heterocycles. The van der Waals surface area contributed by atoms with Gasteiger partial charge < -0.3 is 9.47 Å². The number of carbonyl (C=O) groups is 1. The number of anilines is 1. The number of alkyl halides is 3. The van der Waals surface area contributed by atoms with Crippen molar-refractivity contribution in [1.29, 1.82) is 0 Å². The summed E-state index contributed by atoms with van der Waals surface area (Å²) >= 11 is 6.35. The fourth-order valence-electron chi connectivity index (χ4n) is 5.54. The van der Waals surface area contributed by atoms with Crippen molar-refractivity contribution in [2.75, 3.05) is 11.4 Å². The molecule has 0 radical (unpaired) electrons. The van der Waals surface area contributed by atoms with Gasteiger partial charge in [0, 0.05) is 48.0 Å². The number of Topliss-reactive ketones (excluding diaryl/α,β-unsaturated/α-hetero) is 1. The minimum atomic E-state index is -4.45. The van der Waals surface area contributed by atoms with E-state index in [1.165, 1.54) is 12.1 Å². The van der Waals surface area contributed by atoms with Gasteiger partial charge >= 0.3 is 6.18 Å². The van der Waals surface area contributed by atoms with Crippen molar-refractivity contribution in [2.45, 2.75) is 50.9 Å². The third-order valence-corrected chi connectivity index (χ3v) is 7.63. The molecular weight excluding hydrogens is 523 g/mol. The maximum atomic E-state index is 13.8. The highest BCUT2D eigenvalue weighted by molar-refractivity contribution is 6.30. The molecule has 0 N–H and O–H groups in total. The van der Waals surface area contributed by atoms with Crippen LogP contribution < -0.4 is 4.90 Å². The van der Waals surface area contributed by atoms with E-state index in [2.05, 4.69) is 9.88 Å². The average molecular weight is 552 g/mol. The van der Waals surface area contributed by atoms with Crippen LogP contribution in [-0.2, 0) is 12.6 Å². The molecule has 8 heteroatoms. The number of rotatable bonds is 7. The molecule has 0 amide bonds. The maximum Gasteiger partial charge on any atom is 0.416 e. The van der Waals surface area contributed by atoms with E-state index >= 15 is 0 Å². The highest BCUT2D eigenvalue weighted by Crippen LogP contribution is 2.45. The number of benzene rings is 3. The Morgan fingerprint density at radius 2 is 1.77 bits per heavy atom. The summed E-state index contributed by atoms with van der Waals surface area (Å²) in [4.78, 5) is 20.4. The second kappa shape index (κ2) is 10.9. The van der Waals surface area contributed by atoms with Gasteiger partial charge in [-0.05, 0) is 73.4 Å². The van der Waals surface area contributed by atoms with Crippen LogP contribution in [0.4, 0.5) is 18.9 Å². The lowest BCUT2D eigenvalue weighted by molar-refractivity contribution is -0.137. The Morgan fingerprint density at radius 1 is 1.05 bits per heavy atom. The van der Waals surface area contributed by atoms with Gasteiger partial charge in [-0.3, -0.25) is 4.79 Å². The van der Waals surface area contributed by atoms with Crippen molar-refractivity contribution in [2.24, 2.45) is 0 Å². The van der Waals surface area contributed by atoms with E-state index < -0.39 is 17.7 Å². The minimum absolute atomic E-state index is 0.0364. The molecule has 2 heterocycles. The zero-order chi connectivity index (χ0) is 27.7. The van der Waals surface area contributed by atoms with Gasteiger partial charge in [-0.25, -0.2) is 4.98 Å². The topological polar surface area (TPSA) is 38.1 Å². The van der Waals surface area contributed by atoms with Crippen LogP contribution in [0.2, 0.25) is 5.02 Å². The number of hydrogen-bond acceptors (Lipinski definition) is 3. The number of fused-ring (bicyclic) bond motifs is 1. The number of para-hydroxylation sites is 1. The first kappa shape index (κ1) is 27.0. The summed E-state index contributed by atoms with van der Waals surface area (Å²) in [5, 5.41) is 0.627. The monoisotopic (exact) mass is 551 g/mol. The van der Waals surface area contributed by atoms with Gasteiger partial charge in [-0.15, -0.1) is 0 Å². The summed E-state index contributed by atoms with van der Waals surface area (Å²) < 4.78 is 42.1. The molecule has 3 aromatic carbocycles. The van der Waals surface area contributed by atoms with Crippen molar-refractivity contribution in [3.63, 3.8) is 0 Å². The van der Waals surface area contributed by atoms with Crippen molar-refractivity contribution in [3.8, 4) is 0 Å². The van der Waals surface area contributed by atoms with E-state index in [1.807, 2.05) is 66.9 Å². The summed E-state index contributed by atoms with van der Waals surface area (Å²) in [5.41, 5.74) is 3.01. The van der Waals surface area contributed by atoms with Crippen molar-refractivity contribution in [1.82, 2.24) is 9.55 Å². The van der Waals surface area contributed by atoms with Crippen molar-refractivity contribution >= 4 is 23.1 Å². The summed E-state index contributed by atoms with van der Waals surface area (Å²) in [6, 6.07) is 20.6. The fraction of sp³-hybridized carbons (Fsp3) is 0.290. The highest BCUT2D eigenvalue weighted by Gasteiger charge is 2.38. The molecule has 0 fully saturated rings. The smallest absolute Gasteiger partial charge is 0.364 e. The largest absolute Gasteiger partial charge is 0.416 e. The Labute approximate surface area is 231 Å². The number of hydrogen-bond donors (Lipinski definition) is 0. The van der Waals surface area contributed by atoms with Crippen molar-refractivity contribution < 1.29 is 18.0 Å². The lowest BCUT2D eigenvalue weighted by Gasteiger charge is -2.43. The number of ketones is 1. The number of aromatic nitrogens is 2. The van der Waals surface area contributed by atoms with E-state index in [1.54, 1.807) is 12.4 Å². The number of carbonyl (C=O) groups excluding carboxylic acids is 1. The Hall–Kier alpha value is -3.58. The van der Waals surface area contributed by atoms with Gasteiger partial charge in [0.1, 0.15) is 0 Å². The molecule has 0 bridgehead atoms. The van der Waals surface area contributed by atoms with Crippen LogP contribution in [0.1, 0.15) is 71.1 Å². The van der Waals surface area contributed by atoms with Gasteiger partial charge in [-0.2, -0.15) is 13.2 Å². The second-order valence-corrected chi connectivity index (χ2v) is 10.6. The molecule has 5 rings (SSSR count). The van der Waals surface area contributed by atoms with Crippen LogP contribution in [-0.4, -0.2) is 21.9 Å². The van der Waals surface area contributed by atoms with E-state index in [0.717, 1.165) is 35.4 Å². The first-order valence-electron chi connectivity index (χ1n) is 13.0. The first-order valence-corrected chi connectivity index (χ1v) is 13.3. The Kier molecular flexibility index (Phi) is 7.54. The molecule has 1 aliphatic rings. The number of imidazole rings is 1. The predicted octanol–water partition coefficient (Wildman–Crippen LogP) is 8.30. The zero-order valence-electron chi connectivity index (χ0n) is 21.7. The normalized spacial score (nSPS) is 16.3. The molecule has 4 aromatic rings. The number of halogens is 4. The predicted molar refractivity (Wildman–Crippen MR) is 147 cm³/mol. The molecule has 202 valence electrons. The molecule has 2 atom stereocenters. The highest BCUT2D eigenvalue weighted by atomic mass is 35.5. The third-order valence-electron chi connectivity index (χ3n) is 7.40. The molecule has 4 nitrogen and oxygen atoms in total. The zero-order valence-corrected chi connectivity index (χ0v) is 22.5. The van der Waals surface area contributed by atoms with Crippen LogP contribution in [0.3, 0.4) is 0 Å². The summed E-state index contributed by atoms with van der Waals surface area (Å²) in [7, 11) is 0. The van der Waals surface area contributed by atoms with Crippen LogP contribution in [0.25, 0.3) is 0 Å². The standard InChI is InChI=1S/C31H29ClF3N3O/c1-20(2)37-17-15-36-30(37)28(39)19-27(21-8-10-23(11-9-21)31(33,34)35)29-26-13-12-24(32)18-22(26)14-16-38(29)25-6-4-3-5-7-25/h3-13,15,17-18,20,27,29H,14,16,19H2,1-2H3/t27-,29+/m1/s1. The Bertz CT molecular complexity index is 1450. The molecule has 39 heavy (non-hydrogen) atoms. The summed E-state index contributed by atoms with van der Waals surface area (Å²) in [6.07, 6.45) is -0.234. The van der Waals surface area contributed by atoms with E-state index in [0.29, 0.717) is 23.0 Å².